The molecule has 0 atom stereocenters. The predicted molar refractivity (Wildman–Crippen MR) is 227 cm³/mol. The van der Waals surface area contributed by atoms with Crippen LogP contribution in [0.1, 0.15) is 0 Å². The molecule has 0 bridgehead atoms. The van der Waals surface area contributed by atoms with E-state index in [-0.39, 0.29) is 0 Å². The molecule has 0 N–H and O–H groups in total. The van der Waals surface area contributed by atoms with E-state index < -0.39 is 0 Å². The lowest BCUT2D eigenvalue weighted by atomic mass is 9.86. The quantitative estimate of drug-likeness (QED) is 0.167. The van der Waals surface area contributed by atoms with Gasteiger partial charge in [0.25, 0.3) is 0 Å². The van der Waals surface area contributed by atoms with Gasteiger partial charge < -0.3 is 4.42 Å². The molecule has 53 heavy (non-hydrogen) atoms. The fourth-order valence-electron chi connectivity index (χ4n) is 9.23. The molecule has 0 saturated carbocycles. The highest BCUT2D eigenvalue weighted by atomic mass is 16.3. The topological polar surface area (TPSA) is 13.1 Å². The summed E-state index contributed by atoms with van der Waals surface area (Å²) in [5, 5.41) is 20.2. The van der Waals surface area contributed by atoms with Crippen LogP contribution in [0.2, 0.25) is 0 Å². The van der Waals surface area contributed by atoms with Gasteiger partial charge in [-0.2, -0.15) is 0 Å². The van der Waals surface area contributed by atoms with Gasteiger partial charge in [0.2, 0.25) is 0 Å². The normalized spacial score (nSPS) is 12.2. The zero-order valence-corrected chi connectivity index (χ0v) is 28.7. The average Bonchev–Trinajstić information content (AvgIpc) is 3.58. The molecule has 0 aliphatic rings. The second-order valence-corrected chi connectivity index (χ2v) is 14.4. The van der Waals surface area contributed by atoms with Crippen LogP contribution in [0.4, 0.5) is 0 Å². The highest BCUT2D eigenvalue weighted by molar-refractivity contribution is 6.39. The predicted octanol–water partition coefficient (Wildman–Crippen LogP) is 15.0. The third-order valence-electron chi connectivity index (χ3n) is 11.6. The molecule has 1 nitrogen and oxygen atoms in total. The Balaban J connectivity index is 1.09. The molecule has 0 aliphatic heterocycles. The summed E-state index contributed by atoms with van der Waals surface area (Å²) in [4.78, 5) is 0. The van der Waals surface area contributed by atoms with Crippen molar-refractivity contribution in [3.63, 3.8) is 0 Å². The molecule has 12 rings (SSSR count). The van der Waals surface area contributed by atoms with Crippen LogP contribution in [0.3, 0.4) is 0 Å². The molecular weight excluding hydrogens is 641 g/mol. The van der Waals surface area contributed by atoms with Gasteiger partial charge in [-0.25, -0.2) is 0 Å². The van der Waals surface area contributed by atoms with E-state index >= 15 is 0 Å². The fourth-order valence-corrected chi connectivity index (χ4v) is 9.23. The Morgan fingerprint density at radius 2 is 0.679 bits per heavy atom. The van der Waals surface area contributed by atoms with E-state index in [0.717, 1.165) is 21.9 Å². The molecule has 0 saturated heterocycles. The van der Waals surface area contributed by atoms with Gasteiger partial charge in [0.15, 0.2) is 0 Å². The molecule has 11 aromatic carbocycles. The van der Waals surface area contributed by atoms with Gasteiger partial charge in [0.1, 0.15) is 11.2 Å². The summed E-state index contributed by atoms with van der Waals surface area (Å²) in [6, 6.07) is 66.9. The Morgan fingerprint density at radius 3 is 1.28 bits per heavy atom. The Bertz CT molecular complexity index is 3510. The minimum absolute atomic E-state index is 0.914. The number of fused-ring (bicyclic) bond motifs is 16. The van der Waals surface area contributed by atoms with Crippen LogP contribution in [0.25, 0.3) is 120 Å². The van der Waals surface area contributed by atoms with E-state index in [1.165, 1.54) is 97.7 Å². The molecule has 1 heterocycles. The molecule has 0 fully saturated rings. The maximum atomic E-state index is 6.35. The Kier molecular flexibility index (Phi) is 5.84. The van der Waals surface area contributed by atoms with E-state index in [1.807, 2.05) is 0 Å². The monoisotopic (exact) mass is 670 g/mol. The largest absolute Gasteiger partial charge is 0.456 e. The van der Waals surface area contributed by atoms with Gasteiger partial charge in [-0.3, -0.25) is 0 Å². The maximum Gasteiger partial charge on any atom is 0.136 e. The first-order valence-electron chi connectivity index (χ1n) is 18.3. The van der Waals surface area contributed by atoms with Gasteiger partial charge in [-0.1, -0.05) is 152 Å². The Labute approximate surface area is 304 Å². The van der Waals surface area contributed by atoms with Gasteiger partial charge in [0.05, 0.1) is 0 Å². The molecule has 0 unspecified atom stereocenters. The van der Waals surface area contributed by atoms with E-state index in [0.29, 0.717) is 0 Å². The van der Waals surface area contributed by atoms with Crippen LogP contribution in [-0.4, -0.2) is 0 Å². The summed E-state index contributed by atoms with van der Waals surface area (Å²) >= 11 is 0. The summed E-state index contributed by atoms with van der Waals surface area (Å²) < 4.78 is 6.35. The van der Waals surface area contributed by atoms with Crippen molar-refractivity contribution < 1.29 is 4.42 Å². The number of rotatable bonds is 2. The maximum absolute atomic E-state index is 6.35. The van der Waals surface area contributed by atoms with Crippen LogP contribution in [0, 0.1) is 0 Å². The van der Waals surface area contributed by atoms with Crippen LogP contribution in [-0.2, 0) is 0 Å². The van der Waals surface area contributed by atoms with Crippen molar-refractivity contribution >= 4 is 97.3 Å². The summed E-state index contributed by atoms with van der Waals surface area (Å²) in [5.41, 5.74) is 6.70. The Hall–Kier alpha value is -6.96. The van der Waals surface area contributed by atoms with Gasteiger partial charge in [0, 0.05) is 10.8 Å². The van der Waals surface area contributed by atoms with Gasteiger partial charge in [-0.15, -0.1) is 0 Å². The number of furan rings is 1. The van der Waals surface area contributed by atoms with Crippen molar-refractivity contribution in [1.29, 1.82) is 0 Å². The molecule has 244 valence electrons. The molecule has 1 heteroatoms. The molecule has 0 aliphatic carbocycles. The number of benzene rings is 11. The summed E-state index contributed by atoms with van der Waals surface area (Å²) in [6.45, 7) is 0. The lowest BCUT2D eigenvalue weighted by Gasteiger charge is -2.17. The summed E-state index contributed by atoms with van der Waals surface area (Å²) in [6.07, 6.45) is 0. The van der Waals surface area contributed by atoms with E-state index in [9.17, 15) is 0 Å². The van der Waals surface area contributed by atoms with Crippen molar-refractivity contribution in [1.82, 2.24) is 0 Å². The average molecular weight is 671 g/mol. The molecular formula is C52H30O. The lowest BCUT2D eigenvalue weighted by Crippen LogP contribution is -1.89. The van der Waals surface area contributed by atoms with Crippen molar-refractivity contribution in [2.75, 3.05) is 0 Å². The van der Waals surface area contributed by atoms with Crippen molar-refractivity contribution in [3.05, 3.63) is 182 Å². The second-order valence-electron chi connectivity index (χ2n) is 14.4. The minimum Gasteiger partial charge on any atom is -0.456 e. The van der Waals surface area contributed by atoms with Crippen molar-refractivity contribution in [3.8, 4) is 22.3 Å². The second kappa shape index (κ2) is 10.8. The van der Waals surface area contributed by atoms with E-state index in [4.69, 9.17) is 4.42 Å². The van der Waals surface area contributed by atoms with Crippen LogP contribution in [0.15, 0.2) is 186 Å². The van der Waals surface area contributed by atoms with Crippen LogP contribution < -0.4 is 0 Å². The first kappa shape index (κ1) is 28.7. The van der Waals surface area contributed by atoms with Crippen LogP contribution in [0.5, 0.6) is 0 Å². The fraction of sp³-hybridized carbons (Fsp3) is 0. The molecule has 12 aromatic rings. The smallest absolute Gasteiger partial charge is 0.136 e. The minimum atomic E-state index is 0.914. The number of hydrogen-bond acceptors (Lipinski definition) is 1. The van der Waals surface area contributed by atoms with Crippen molar-refractivity contribution in [2.24, 2.45) is 0 Å². The highest BCUT2D eigenvalue weighted by Crippen LogP contribution is 2.45. The zero-order valence-electron chi connectivity index (χ0n) is 28.7. The van der Waals surface area contributed by atoms with Gasteiger partial charge >= 0.3 is 0 Å². The third kappa shape index (κ3) is 4.08. The van der Waals surface area contributed by atoms with E-state index in [1.54, 1.807) is 0 Å². The highest BCUT2D eigenvalue weighted by Gasteiger charge is 2.17. The summed E-state index contributed by atoms with van der Waals surface area (Å²) in [5.74, 6) is 0. The van der Waals surface area contributed by atoms with Crippen LogP contribution >= 0.6 is 0 Å². The molecule has 0 radical (unpaired) electrons. The summed E-state index contributed by atoms with van der Waals surface area (Å²) in [7, 11) is 0. The Morgan fingerprint density at radius 1 is 0.245 bits per heavy atom. The molecule has 0 amide bonds. The van der Waals surface area contributed by atoms with E-state index in [2.05, 4.69) is 182 Å². The zero-order chi connectivity index (χ0) is 34.6. The standard InChI is InChI=1S/C52H30O/c1-2-12-32-30-50-48(27-31(32)11-1)47-29-34(24-26-49(47)53-50)36-20-10-21-37-35(19-9-22-38(36)37)33-23-25-45-46(28-33)41-15-5-8-18-44(41)51-42-16-6-3-13-39(42)40-14-4-7-17-43(40)52(45)51/h1-30H. The SMILES string of the molecule is c1ccc2cc3c(cc2c1)oc1ccc(-c2cccc4c(-c5ccc6c(c5)c5ccccc5c5c7ccccc7c7ccccc7c65)cccc24)cc13. The first-order valence-corrected chi connectivity index (χ1v) is 18.3. The molecule has 1 aromatic heterocycles. The van der Waals surface area contributed by atoms with Gasteiger partial charge in [-0.05, 0) is 128 Å². The lowest BCUT2D eigenvalue weighted by molar-refractivity contribution is 0.669. The first-order chi connectivity index (χ1) is 26.3. The third-order valence-corrected chi connectivity index (χ3v) is 11.6. The molecule has 0 spiro atoms. The number of hydrogen-bond donors (Lipinski definition) is 0. The van der Waals surface area contributed by atoms with Crippen molar-refractivity contribution in [2.45, 2.75) is 0 Å².